The molecular weight excluding hydrogens is 372 g/mol. The molecule has 2 aromatic heterocycles. The summed E-state index contributed by atoms with van der Waals surface area (Å²) in [4.78, 5) is 43.5. The molecule has 8 nitrogen and oxygen atoms in total. The van der Waals surface area contributed by atoms with Crippen LogP contribution in [-0.4, -0.2) is 51.9 Å². The lowest BCUT2D eigenvalue weighted by atomic mass is 10.0. The van der Waals surface area contributed by atoms with Crippen molar-refractivity contribution in [3.05, 3.63) is 52.6 Å². The molecule has 0 fully saturated rings. The van der Waals surface area contributed by atoms with Crippen molar-refractivity contribution < 1.29 is 19.1 Å². The highest BCUT2D eigenvalue weighted by atomic mass is 16.5. The number of aromatic nitrogens is 2. The maximum atomic E-state index is 13.2. The Hall–Kier alpha value is -3.16. The van der Waals surface area contributed by atoms with Gasteiger partial charge in [0.1, 0.15) is 5.69 Å². The van der Waals surface area contributed by atoms with Crippen LogP contribution in [0.2, 0.25) is 0 Å². The van der Waals surface area contributed by atoms with Crippen molar-refractivity contribution in [3.63, 3.8) is 0 Å². The summed E-state index contributed by atoms with van der Waals surface area (Å²) in [6.07, 6.45) is 3.31. The molecular formula is C21H28N4O4. The Morgan fingerprint density at radius 3 is 2.52 bits per heavy atom. The fourth-order valence-electron chi connectivity index (χ4n) is 3.28. The first-order valence-corrected chi connectivity index (χ1v) is 9.39. The third kappa shape index (κ3) is 5.01. The minimum absolute atomic E-state index is 0.0693. The molecule has 0 spiro atoms. The first-order chi connectivity index (χ1) is 13.7. The van der Waals surface area contributed by atoms with Gasteiger partial charge in [-0.25, -0.2) is 9.59 Å². The molecule has 29 heavy (non-hydrogen) atoms. The number of carbonyl (C=O) groups excluding carboxylic acids is 3. The van der Waals surface area contributed by atoms with E-state index in [0.29, 0.717) is 22.5 Å². The van der Waals surface area contributed by atoms with Crippen LogP contribution < -0.4 is 5.32 Å². The second-order valence-electron chi connectivity index (χ2n) is 7.23. The van der Waals surface area contributed by atoms with E-state index >= 15 is 0 Å². The minimum atomic E-state index is -0.503. The Morgan fingerprint density at radius 1 is 1.28 bits per heavy atom. The Balaban J connectivity index is 2.34. The van der Waals surface area contributed by atoms with Gasteiger partial charge in [-0.05, 0) is 44.9 Å². The van der Waals surface area contributed by atoms with E-state index in [-0.39, 0.29) is 30.9 Å². The molecule has 0 aliphatic carbocycles. The molecule has 2 amide bonds. The number of nitrogens with zero attached hydrogens (tertiary/aromatic N) is 3. The number of urea groups is 1. The van der Waals surface area contributed by atoms with Crippen LogP contribution >= 0.6 is 0 Å². The molecule has 0 unspecified atom stereocenters. The van der Waals surface area contributed by atoms with Gasteiger partial charge in [0, 0.05) is 43.3 Å². The molecule has 0 aromatic carbocycles. The van der Waals surface area contributed by atoms with Crippen molar-refractivity contribution in [2.45, 2.75) is 40.3 Å². The number of esters is 1. The van der Waals surface area contributed by atoms with Gasteiger partial charge in [0.25, 0.3) is 0 Å². The van der Waals surface area contributed by atoms with Crippen LogP contribution in [0.25, 0.3) is 0 Å². The molecule has 0 radical (unpaired) electrons. The van der Waals surface area contributed by atoms with Gasteiger partial charge in [0.05, 0.1) is 13.7 Å². The number of rotatable bonds is 7. The average molecular weight is 400 g/mol. The lowest BCUT2D eigenvalue weighted by Gasteiger charge is -2.24. The van der Waals surface area contributed by atoms with E-state index in [2.05, 4.69) is 10.3 Å². The van der Waals surface area contributed by atoms with Crippen molar-refractivity contribution in [1.29, 1.82) is 0 Å². The zero-order valence-electron chi connectivity index (χ0n) is 17.8. The van der Waals surface area contributed by atoms with Crippen molar-refractivity contribution >= 4 is 17.8 Å². The van der Waals surface area contributed by atoms with Crippen LogP contribution in [0.3, 0.4) is 0 Å². The molecule has 0 bridgehead atoms. The summed E-state index contributed by atoms with van der Waals surface area (Å²) >= 11 is 0. The van der Waals surface area contributed by atoms with Crippen molar-refractivity contribution in [2.75, 3.05) is 13.7 Å². The van der Waals surface area contributed by atoms with Crippen LogP contribution in [0.1, 0.15) is 51.5 Å². The predicted molar refractivity (Wildman–Crippen MR) is 109 cm³/mol. The molecule has 0 aliphatic rings. The lowest BCUT2D eigenvalue weighted by molar-refractivity contribution is 0.0588. The number of carbonyl (C=O) groups is 3. The predicted octanol–water partition coefficient (Wildman–Crippen LogP) is 2.63. The van der Waals surface area contributed by atoms with Crippen LogP contribution in [0.15, 0.2) is 24.5 Å². The largest absolute Gasteiger partial charge is 0.464 e. The first-order valence-electron chi connectivity index (χ1n) is 9.39. The molecule has 0 aliphatic heterocycles. The average Bonchev–Trinajstić information content (AvgIpc) is 2.89. The maximum Gasteiger partial charge on any atom is 0.354 e. The molecule has 2 heterocycles. The number of pyridine rings is 1. The minimum Gasteiger partial charge on any atom is -0.464 e. The van der Waals surface area contributed by atoms with E-state index in [1.54, 1.807) is 43.9 Å². The van der Waals surface area contributed by atoms with Gasteiger partial charge >= 0.3 is 12.0 Å². The molecule has 8 heteroatoms. The fourth-order valence-corrected chi connectivity index (χ4v) is 3.28. The highest BCUT2D eigenvalue weighted by molar-refractivity contribution is 6.04. The Bertz CT molecular complexity index is 903. The van der Waals surface area contributed by atoms with E-state index in [0.717, 1.165) is 5.56 Å². The SMILES string of the molecule is COC(=O)c1c(C)c(C(=O)CN(Cc2cccnc2)C(=O)NC(C)C)c(C)n1C. The third-order valence-corrected chi connectivity index (χ3v) is 4.72. The molecule has 2 aromatic rings. The molecule has 156 valence electrons. The van der Waals surface area contributed by atoms with Gasteiger partial charge < -0.3 is 19.5 Å². The number of nitrogens with one attached hydrogen (secondary N) is 1. The van der Waals surface area contributed by atoms with Crippen LogP contribution in [-0.2, 0) is 18.3 Å². The summed E-state index contributed by atoms with van der Waals surface area (Å²) in [7, 11) is 3.02. The first kappa shape index (κ1) is 22.1. The van der Waals surface area contributed by atoms with Crippen molar-refractivity contribution in [1.82, 2.24) is 19.8 Å². The fraction of sp³-hybridized carbons (Fsp3) is 0.429. The maximum absolute atomic E-state index is 13.2. The number of methoxy groups -OCH3 is 1. The highest BCUT2D eigenvalue weighted by Gasteiger charge is 2.27. The molecule has 0 atom stereocenters. The van der Waals surface area contributed by atoms with E-state index in [1.807, 2.05) is 19.9 Å². The van der Waals surface area contributed by atoms with E-state index < -0.39 is 5.97 Å². The Labute approximate surface area is 170 Å². The molecule has 0 saturated heterocycles. The smallest absolute Gasteiger partial charge is 0.354 e. The topological polar surface area (TPSA) is 93.5 Å². The zero-order valence-corrected chi connectivity index (χ0v) is 17.8. The summed E-state index contributed by atoms with van der Waals surface area (Å²) in [6.45, 7) is 7.32. The monoisotopic (exact) mass is 400 g/mol. The standard InChI is InChI=1S/C21H28N4O4/c1-13(2)23-21(28)25(11-16-8-7-9-22-10-16)12-17(26)18-14(3)19(20(27)29-6)24(5)15(18)4/h7-10,13H,11-12H2,1-6H3,(H,23,28). The van der Waals surface area contributed by atoms with Crippen molar-refractivity contribution in [2.24, 2.45) is 7.05 Å². The third-order valence-electron chi connectivity index (χ3n) is 4.72. The quantitative estimate of drug-likeness (QED) is 0.570. The number of amides is 2. The summed E-state index contributed by atoms with van der Waals surface area (Å²) in [5, 5.41) is 2.83. The number of Topliss-reactive ketones (excluding diaryl/α,β-unsaturated/α-hetero) is 1. The van der Waals surface area contributed by atoms with Gasteiger partial charge in [-0.2, -0.15) is 0 Å². The Morgan fingerprint density at radius 2 is 1.97 bits per heavy atom. The number of hydrogen-bond donors (Lipinski definition) is 1. The van der Waals surface area contributed by atoms with Crippen LogP contribution in [0.5, 0.6) is 0 Å². The summed E-state index contributed by atoms with van der Waals surface area (Å²) in [6, 6.07) is 3.22. The zero-order chi connectivity index (χ0) is 21.7. The van der Waals surface area contributed by atoms with Gasteiger partial charge in [-0.15, -0.1) is 0 Å². The Kier molecular flexibility index (Phi) is 7.14. The van der Waals surface area contributed by atoms with Crippen LogP contribution in [0.4, 0.5) is 4.79 Å². The number of hydrogen-bond acceptors (Lipinski definition) is 5. The van der Waals surface area contributed by atoms with Gasteiger partial charge in [0.15, 0.2) is 5.78 Å². The summed E-state index contributed by atoms with van der Waals surface area (Å²) in [5.41, 5.74) is 2.78. The van der Waals surface area contributed by atoms with E-state index in [4.69, 9.17) is 4.74 Å². The highest BCUT2D eigenvalue weighted by Crippen LogP contribution is 2.23. The van der Waals surface area contributed by atoms with Crippen LogP contribution in [0, 0.1) is 13.8 Å². The van der Waals surface area contributed by atoms with E-state index in [9.17, 15) is 14.4 Å². The van der Waals surface area contributed by atoms with Gasteiger partial charge in [-0.3, -0.25) is 9.78 Å². The second-order valence-corrected chi connectivity index (χ2v) is 7.23. The summed E-state index contributed by atoms with van der Waals surface area (Å²) < 4.78 is 6.48. The normalized spacial score (nSPS) is 10.7. The second kappa shape index (κ2) is 9.36. The number of ether oxygens (including phenoxy) is 1. The van der Waals surface area contributed by atoms with Gasteiger partial charge in [0.2, 0.25) is 0 Å². The summed E-state index contributed by atoms with van der Waals surface area (Å²) in [5.74, 6) is -0.745. The van der Waals surface area contributed by atoms with Crippen molar-refractivity contribution in [3.8, 4) is 0 Å². The lowest BCUT2D eigenvalue weighted by Crippen LogP contribution is -2.44. The van der Waals surface area contributed by atoms with Gasteiger partial charge in [-0.1, -0.05) is 6.07 Å². The number of ketones is 1. The molecule has 0 saturated carbocycles. The van der Waals surface area contributed by atoms with E-state index in [1.165, 1.54) is 12.0 Å². The molecule has 2 rings (SSSR count). The molecule has 1 N–H and O–H groups in total.